The molecule has 0 unspecified atom stereocenters. The molecule has 2 aromatic rings. The number of Topliss-reactive ketones (excluding diaryl/α,β-unsaturated/α-hetero) is 1. The zero-order valence-electron chi connectivity index (χ0n) is 16.8. The quantitative estimate of drug-likeness (QED) is 0.692. The van der Waals surface area contributed by atoms with Crippen molar-refractivity contribution < 1.29 is 13.2 Å². The summed E-state index contributed by atoms with van der Waals surface area (Å²) in [5.41, 5.74) is 2.00. The van der Waals surface area contributed by atoms with Crippen molar-refractivity contribution in [3.8, 4) is 0 Å². The molecule has 0 aromatic carbocycles. The standard InChI is InChI=1S/C20H27N3O4S/c1-14(2)23-15(3)11-18(16(23)4)19(24)13-21-12-17(7-8-20(21)25)28(26,27)22-9-5-6-10-22/h7-8,11-12,14H,5-6,9-10,13H2,1-4H3. The van der Waals surface area contributed by atoms with Crippen molar-refractivity contribution in [3.63, 3.8) is 0 Å². The highest BCUT2D eigenvalue weighted by atomic mass is 32.2. The molecule has 0 spiro atoms. The summed E-state index contributed by atoms with van der Waals surface area (Å²) in [5.74, 6) is -0.210. The highest BCUT2D eigenvalue weighted by molar-refractivity contribution is 7.89. The van der Waals surface area contributed by atoms with E-state index in [9.17, 15) is 18.0 Å². The number of ketones is 1. The van der Waals surface area contributed by atoms with Crippen molar-refractivity contribution in [2.75, 3.05) is 13.1 Å². The molecule has 3 rings (SSSR count). The zero-order chi connectivity index (χ0) is 20.6. The number of sulfonamides is 1. The van der Waals surface area contributed by atoms with E-state index >= 15 is 0 Å². The maximum absolute atomic E-state index is 12.9. The number of nitrogens with zero attached hydrogens (tertiary/aromatic N) is 3. The van der Waals surface area contributed by atoms with Gasteiger partial charge in [0.25, 0.3) is 5.56 Å². The van der Waals surface area contributed by atoms with Gasteiger partial charge in [0.1, 0.15) is 0 Å². The third kappa shape index (κ3) is 3.71. The summed E-state index contributed by atoms with van der Waals surface area (Å²) in [5, 5.41) is 0. The third-order valence-electron chi connectivity index (χ3n) is 5.27. The van der Waals surface area contributed by atoms with Crippen molar-refractivity contribution in [1.29, 1.82) is 0 Å². The molecular formula is C20H27N3O4S. The number of carbonyl (C=O) groups excluding carboxylic acids is 1. The Morgan fingerprint density at radius 2 is 1.79 bits per heavy atom. The Morgan fingerprint density at radius 1 is 1.14 bits per heavy atom. The minimum atomic E-state index is -3.64. The van der Waals surface area contributed by atoms with Crippen LogP contribution in [-0.2, 0) is 16.6 Å². The van der Waals surface area contributed by atoms with Crippen LogP contribution in [0.5, 0.6) is 0 Å². The maximum Gasteiger partial charge on any atom is 0.251 e. The third-order valence-corrected chi connectivity index (χ3v) is 7.16. The molecular weight excluding hydrogens is 378 g/mol. The molecule has 0 saturated carbocycles. The van der Waals surface area contributed by atoms with E-state index in [1.54, 1.807) is 0 Å². The molecule has 8 heteroatoms. The average Bonchev–Trinajstić information content (AvgIpc) is 3.25. The second-order valence-corrected chi connectivity index (χ2v) is 9.55. The lowest BCUT2D eigenvalue weighted by molar-refractivity contribution is 0.0969. The van der Waals surface area contributed by atoms with Gasteiger partial charge >= 0.3 is 0 Å². The molecule has 3 heterocycles. The van der Waals surface area contributed by atoms with Crippen LogP contribution in [0, 0.1) is 13.8 Å². The van der Waals surface area contributed by atoms with E-state index in [4.69, 9.17) is 0 Å². The zero-order valence-corrected chi connectivity index (χ0v) is 17.6. The monoisotopic (exact) mass is 405 g/mol. The molecule has 2 aromatic heterocycles. The van der Waals surface area contributed by atoms with Crippen molar-refractivity contribution in [2.24, 2.45) is 0 Å². The van der Waals surface area contributed by atoms with Crippen molar-refractivity contribution in [1.82, 2.24) is 13.4 Å². The smallest absolute Gasteiger partial charge is 0.251 e. The summed E-state index contributed by atoms with van der Waals surface area (Å²) in [6, 6.07) is 4.58. The summed E-state index contributed by atoms with van der Waals surface area (Å²) in [4.78, 5) is 25.2. The van der Waals surface area contributed by atoms with E-state index < -0.39 is 15.6 Å². The van der Waals surface area contributed by atoms with Crippen LogP contribution in [0.1, 0.15) is 54.5 Å². The Balaban J connectivity index is 1.92. The summed E-state index contributed by atoms with van der Waals surface area (Å²) >= 11 is 0. The topological polar surface area (TPSA) is 81.4 Å². The van der Waals surface area contributed by atoms with Crippen LogP contribution < -0.4 is 5.56 Å². The number of aryl methyl sites for hydroxylation is 1. The lowest BCUT2D eigenvalue weighted by Crippen LogP contribution is -2.30. The van der Waals surface area contributed by atoms with Crippen LogP contribution in [0.3, 0.4) is 0 Å². The predicted molar refractivity (Wildman–Crippen MR) is 107 cm³/mol. The van der Waals surface area contributed by atoms with Crippen molar-refractivity contribution in [3.05, 3.63) is 51.7 Å². The number of hydrogen-bond donors (Lipinski definition) is 0. The van der Waals surface area contributed by atoms with Gasteiger partial charge in [0.15, 0.2) is 5.78 Å². The Labute approximate surface area is 165 Å². The molecule has 1 fully saturated rings. The van der Waals surface area contributed by atoms with Crippen LogP contribution in [0.4, 0.5) is 0 Å². The fourth-order valence-corrected chi connectivity index (χ4v) is 5.49. The molecule has 1 saturated heterocycles. The molecule has 0 atom stereocenters. The van der Waals surface area contributed by atoms with Gasteiger partial charge < -0.3 is 9.13 Å². The van der Waals surface area contributed by atoms with Gasteiger partial charge in [0.05, 0.1) is 11.4 Å². The number of aromatic nitrogens is 2. The van der Waals surface area contributed by atoms with E-state index in [1.807, 2.05) is 33.8 Å². The lowest BCUT2D eigenvalue weighted by atomic mass is 10.1. The van der Waals surface area contributed by atoms with Gasteiger partial charge in [-0.25, -0.2) is 8.42 Å². The number of carbonyl (C=O) groups is 1. The summed E-state index contributed by atoms with van der Waals surface area (Å²) in [6.45, 7) is 8.71. The molecule has 0 radical (unpaired) electrons. The van der Waals surface area contributed by atoms with Gasteiger partial charge in [-0.3, -0.25) is 9.59 Å². The van der Waals surface area contributed by atoms with Crippen LogP contribution in [0.25, 0.3) is 0 Å². The molecule has 0 bridgehead atoms. The van der Waals surface area contributed by atoms with Gasteiger partial charge in [0, 0.05) is 48.3 Å². The van der Waals surface area contributed by atoms with Gasteiger partial charge in [-0.15, -0.1) is 0 Å². The van der Waals surface area contributed by atoms with Gasteiger partial charge in [-0.2, -0.15) is 4.31 Å². The molecule has 1 aliphatic heterocycles. The van der Waals surface area contributed by atoms with Gasteiger partial charge in [0.2, 0.25) is 10.0 Å². The number of rotatable bonds is 6. The average molecular weight is 406 g/mol. The molecule has 7 nitrogen and oxygen atoms in total. The van der Waals surface area contributed by atoms with E-state index in [2.05, 4.69) is 4.57 Å². The second-order valence-electron chi connectivity index (χ2n) is 7.61. The lowest BCUT2D eigenvalue weighted by Gasteiger charge is -2.16. The first-order valence-corrected chi connectivity index (χ1v) is 11.0. The fourth-order valence-electron chi connectivity index (χ4n) is 3.96. The highest BCUT2D eigenvalue weighted by Gasteiger charge is 2.28. The van der Waals surface area contributed by atoms with Gasteiger partial charge in [-0.05, 0) is 52.7 Å². The first kappa shape index (κ1) is 20.5. The number of pyridine rings is 1. The summed E-state index contributed by atoms with van der Waals surface area (Å²) in [6.07, 6.45) is 2.96. The Hall–Kier alpha value is -2.19. The predicted octanol–water partition coefficient (Wildman–Crippen LogP) is 2.51. The normalized spacial score (nSPS) is 15.5. The Kier molecular flexibility index (Phi) is 5.63. The van der Waals surface area contributed by atoms with Crippen molar-refractivity contribution >= 4 is 15.8 Å². The molecule has 1 aliphatic rings. The van der Waals surface area contributed by atoms with Crippen LogP contribution in [-0.4, -0.2) is 40.7 Å². The SMILES string of the molecule is Cc1cc(C(=O)Cn2cc(S(=O)(=O)N3CCCC3)ccc2=O)c(C)n1C(C)C. The highest BCUT2D eigenvalue weighted by Crippen LogP contribution is 2.22. The van der Waals surface area contributed by atoms with E-state index in [1.165, 1.54) is 27.2 Å². The van der Waals surface area contributed by atoms with Crippen LogP contribution >= 0.6 is 0 Å². The first-order chi connectivity index (χ1) is 13.1. The number of hydrogen-bond acceptors (Lipinski definition) is 4. The Morgan fingerprint density at radius 3 is 2.36 bits per heavy atom. The Bertz CT molecular complexity index is 1060. The summed E-state index contributed by atoms with van der Waals surface area (Å²) < 4.78 is 30.2. The molecule has 0 amide bonds. The minimum Gasteiger partial charge on any atom is -0.346 e. The largest absolute Gasteiger partial charge is 0.346 e. The van der Waals surface area contributed by atoms with Crippen LogP contribution in [0.15, 0.2) is 34.1 Å². The first-order valence-electron chi connectivity index (χ1n) is 9.55. The van der Waals surface area contributed by atoms with Gasteiger partial charge in [-0.1, -0.05) is 0 Å². The van der Waals surface area contributed by atoms with Crippen molar-refractivity contribution in [2.45, 2.75) is 58.0 Å². The molecule has 0 N–H and O–H groups in total. The maximum atomic E-state index is 12.9. The van der Waals surface area contributed by atoms with E-state index in [0.29, 0.717) is 18.7 Å². The second kappa shape index (κ2) is 7.67. The summed E-state index contributed by atoms with van der Waals surface area (Å²) in [7, 11) is -3.64. The molecule has 152 valence electrons. The minimum absolute atomic E-state index is 0.0504. The van der Waals surface area contributed by atoms with Crippen LogP contribution in [0.2, 0.25) is 0 Å². The van der Waals surface area contributed by atoms with E-state index in [-0.39, 0.29) is 23.3 Å². The molecule has 0 aliphatic carbocycles. The fraction of sp³-hybridized carbons (Fsp3) is 0.500. The van der Waals surface area contributed by atoms with E-state index in [0.717, 1.165) is 24.2 Å². The molecule has 28 heavy (non-hydrogen) atoms.